The van der Waals surface area contributed by atoms with Crippen molar-refractivity contribution >= 4 is 27.5 Å². The molecule has 2 aliphatic rings. The number of hydrogen-bond donors (Lipinski definition) is 2. The molecule has 9 heteroatoms. The minimum atomic E-state index is -3.93. The van der Waals surface area contributed by atoms with Crippen LogP contribution >= 0.6 is 11.6 Å². The average Bonchev–Trinajstić information content (AvgIpc) is 3.22. The molecule has 2 N–H and O–H groups in total. The number of halogens is 1. The fourth-order valence-corrected chi connectivity index (χ4v) is 5.96. The Morgan fingerprint density at radius 2 is 1.69 bits per heavy atom. The number of hydroxylamine groups is 1. The average molecular weight is 437 g/mol. The van der Waals surface area contributed by atoms with Crippen molar-refractivity contribution in [3.05, 3.63) is 53.6 Å². The van der Waals surface area contributed by atoms with E-state index in [0.717, 1.165) is 11.1 Å². The van der Waals surface area contributed by atoms with Gasteiger partial charge in [0.05, 0.1) is 11.0 Å². The van der Waals surface area contributed by atoms with Crippen LogP contribution in [0, 0.1) is 5.92 Å². The van der Waals surface area contributed by atoms with Crippen molar-refractivity contribution in [2.45, 2.75) is 29.9 Å². The predicted octanol–water partition coefficient (Wildman–Crippen LogP) is 2.68. The predicted molar refractivity (Wildman–Crippen MR) is 107 cm³/mol. The Balaban J connectivity index is 1.64. The summed E-state index contributed by atoms with van der Waals surface area (Å²) in [5, 5.41) is 9.80. The number of nitrogens with zero attached hydrogens (tertiary/aromatic N) is 1. The fraction of sp³-hybridized carbons (Fsp3) is 0.350. The van der Waals surface area contributed by atoms with Gasteiger partial charge in [-0.1, -0.05) is 35.9 Å². The number of nitrogens with one attached hydrogen (secondary N) is 1. The van der Waals surface area contributed by atoms with Gasteiger partial charge in [-0.25, -0.2) is 13.9 Å². The van der Waals surface area contributed by atoms with Gasteiger partial charge >= 0.3 is 0 Å². The molecule has 2 fully saturated rings. The van der Waals surface area contributed by atoms with Gasteiger partial charge in [-0.05, 0) is 48.2 Å². The van der Waals surface area contributed by atoms with E-state index in [1.165, 1.54) is 16.4 Å². The number of piperidine rings is 1. The van der Waals surface area contributed by atoms with E-state index in [9.17, 15) is 18.4 Å². The monoisotopic (exact) mass is 436 g/mol. The third-order valence-electron chi connectivity index (χ3n) is 5.63. The van der Waals surface area contributed by atoms with Crippen molar-refractivity contribution in [1.29, 1.82) is 0 Å². The van der Waals surface area contributed by atoms with E-state index in [1.54, 1.807) is 29.7 Å². The number of fused-ring (bicyclic) bond motifs is 1. The van der Waals surface area contributed by atoms with Crippen molar-refractivity contribution in [3.8, 4) is 11.1 Å². The van der Waals surface area contributed by atoms with Crippen molar-refractivity contribution in [2.24, 2.45) is 5.92 Å². The minimum Gasteiger partial charge on any atom is -0.378 e. The van der Waals surface area contributed by atoms with Gasteiger partial charge in [0, 0.05) is 24.1 Å². The van der Waals surface area contributed by atoms with Crippen LogP contribution in [0.4, 0.5) is 0 Å². The highest BCUT2D eigenvalue weighted by atomic mass is 35.5. The molecule has 1 amide bonds. The first-order valence-electron chi connectivity index (χ1n) is 9.35. The molecule has 2 aromatic rings. The molecule has 0 bridgehead atoms. The van der Waals surface area contributed by atoms with Crippen LogP contribution < -0.4 is 5.48 Å². The van der Waals surface area contributed by atoms with E-state index in [1.807, 2.05) is 12.1 Å². The largest absolute Gasteiger partial charge is 0.378 e. The van der Waals surface area contributed by atoms with Gasteiger partial charge in [0.25, 0.3) is 5.91 Å². The van der Waals surface area contributed by atoms with E-state index in [2.05, 4.69) is 0 Å². The summed E-state index contributed by atoms with van der Waals surface area (Å²) in [7, 11) is -3.93. The Morgan fingerprint density at radius 1 is 1.07 bits per heavy atom. The zero-order valence-corrected chi connectivity index (χ0v) is 17.1. The van der Waals surface area contributed by atoms with Gasteiger partial charge in [0.15, 0.2) is 0 Å². The summed E-state index contributed by atoms with van der Waals surface area (Å²) in [4.78, 5) is 12.4. The second-order valence-corrected chi connectivity index (χ2v) is 9.55. The van der Waals surface area contributed by atoms with Crippen LogP contribution in [0.3, 0.4) is 0 Å². The quantitative estimate of drug-likeness (QED) is 0.567. The van der Waals surface area contributed by atoms with Crippen molar-refractivity contribution in [3.63, 3.8) is 0 Å². The highest BCUT2D eigenvalue weighted by molar-refractivity contribution is 7.89. The zero-order chi connectivity index (χ0) is 20.6. The first kappa shape index (κ1) is 20.3. The number of ether oxygens (including phenoxy) is 1. The lowest BCUT2D eigenvalue weighted by Crippen LogP contribution is -2.58. The van der Waals surface area contributed by atoms with Gasteiger partial charge in [-0.15, -0.1) is 0 Å². The minimum absolute atomic E-state index is 0.100. The van der Waals surface area contributed by atoms with Crippen molar-refractivity contribution in [1.82, 2.24) is 9.79 Å². The van der Waals surface area contributed by atoms with Crippen molar-refractivity contribution < 1.29 is 23.2 Å². The van der Waals surface area contributed by atoms with Gasteiger partial charge in [-0.2, -0.15) is 4.31 Å². The maximum absolute atomic E-state index is 13.3. The molecule has 0 radical (unpaired) electrons. The van der Waals surface area contributed by atoms with Gasteiger partial charge in [0.1, 0.15) is 6.04 Å². The Labute approximate surface area is 174 Å². The van der Waals surface area contributed by atoms with E-state index in [0.29, 0.717) is 24.5 Å². The smallest absolute Gasteiger partial charge is 0.262 e. The summed E-state index contributed by atoms with van der Waals surface area (Å²) in [6, 6.07) is 12.8. The molecule has 0 aliphatic carbocycles. The van der Waals surface area contributed by atoms with Crippen LogP contribution in [0.15, 0.2) is 53.4 Å². The summed E-state index contributed by atoms with van der Waals surface area (Å²) in [5.74, 6) is -1.01. The molecule has 0 spiro atoms. The fourth-order valence-electron chi connectivity index (χ4n) is 4.19. The summed E-state index contributed by atoms with van der Waals surface area (Å²) < 4.78 is 33.4. The summed E-state index contributed by atoms with van der Waals surface area (Å²) in [5.41, 5.74) is 3.40. The third-order valence-corrected chi connectivity index (χ3v) is 7.77. The topological polar surface area (TPSA) is 95.9 Å². The number of carbonyl (C=O) groups is 1. The molecule has 154 valence electrons. The van der Waals surface area contributed by atoms with E-state index in [-0.39, 0.29) is 23.5 Å². The van der Waals surface area contributed by atoms with Crippen LogP contribution in [0.25, 0.3) is 11.1 Å². The summed E-state index contributed by atoms with van der Waals surface area (Å²) >= 11 is 5.92. The second kappa shape index (κ2) is 8.04. The molecule has 2 saturated heterocycles. The molecular formula is C20H21ClN2O5S. The van der Waals surface area contributed by atoms with Crippen molar-refractivity contribution in [2.75, 3.05) is 13.2 Å². The maximum atomic E-state index is 13.3. The maximum Gasteiger partial charge on any atom is 0.262 e. The summed E-state index contributed by atoms with van der Waals surface area (Å²) in [6.45, 7) is 0.634. The zero-order valence-electron chi connectivity index (χ0n) is 15.5. The second-order valence-electron chi connectivity index (χ2n) is 7.22. The number of benzene rings is 2. The third kappa shape index (κ3) is 3.78. The molecule has 2 heterocycles. The normalized spacial score (nSPS) is 24.8. The number of rotatable bonds is 4. The molecule has 2 aliphatic heterocycles. The molecular weight excluding hydrogens is 416 g/mol. The van der Waals surface area contributed by atoms with Crippen LogP contribution in [-0.4, -0.2) is 49.1 Å². The molecule has 0 aromatic heterocycles. The molecule has 2 aromatic carbocycles. The Morgan fingerprint density at radius 3 is 2.31 bits per heavy atom. The van der Waals surface area contributed by atoms with Crippen LogP contribution in [0.1, 0.15) is 12.8 Å². The first-order chi connectivity index (χ1) is 13.9. The number of amides is 1. The number of carbonyl (C=O) groups excluding carboxylic acids is 1. The Hall–Kier alpha value is -1.97. The number of sulfonamides is 1. The van der Waals surface area contributed by atoms with Gasteiger partial charge in [0.2, 0.25) is 10.0 Å². The first-order valence-corrected chi connectivity index (χ1v) is 11.2. The van der Waals surface area contributed by atoms with E-state index in [4.69, 9.17) is 16.3 Å². The Bertz CT molecular complexity index is 995. The van der Waals surface area contributed by atoms with E-state index >= 15 is 0 Å². The Kier molecular flexibility index (Phi) is 5.63. The van der Waals surface area contributed by atoms with Crippen LogP contribution in [0.5, 0.6) is 0 Å². The van der Waals surface area contributed by atoms with Crippen LogP contribution in [-0.2, 0) is 19.6 Å². The SMILES string of the molecule is O=C(NO)[C@@H]1[C@@H]2CCO[C@@H]2CCN1S(=O)(=O)c1ccc(-c2ccc(Cl)cc2)cc1. The molecule has 0 saturated carbocycles. The number of hydrogen-bond acceptors (Lipinski definition) is 5. The molecule has 4 rings (SSSR count). The van der Waals surface area contributed by atoms with Gasteiger partial charge in [-0.3, -0.25) is 10.0 Å². The lowest BCUT2D eigenvalue weighted by molar-refractivity contribution is -0.137. The molecule has 29 heavy (non-hydrogen) atoms. The lowest BCUT2D eigenvalue weighted by Gasteiger charge is -2.39. The van der Waals surface area contributed by atoms with E-state index < -0.39 is 22.0 Å². The van der Waals surface area contributed by atoms with Crippen LogP contribution in [0.2, 0.25) is 5.02 Å². The summed E-state index contributed by atoms with van der Waals surface area (Å²) in [6.07, 6.45) is 0.919. The van der Waals surface area contributed by atoms with Gasteiger partial charge < -0.3 is 4.74 Å². The molecule has 7 nitrogen and oxygen atoms in total. The highest BCUT2D eigenvalue weighted by Gasteiger charge is 2.49. The molecule has 0 unspecified atom stereocenters. The molecule has 3 atom stereocenters. The standard InChI is InChI=1S/C20H21ClN2O5S/c21-15-5-1-13(2-6-15)14-3-7-16(8-4-14)29(26,27)23-11-9-18-17(10-12-28-18)19(23)20(24)22-25/h1-8,17-19,25H,9-12H2,(H,22,24)/t17-,18-,19+/m1/s1. The highest BCUT2D eigenvalue weighted by Crippen LogP contribution is 2.37. The lowest BCUT2D eigenvalue weighted by atomic mass is 9.87.